The Morgan fingerprint density at radius 2 is 1.89 bits per heavy atom. The molecule has 1 aromatic carbocycles. The molecule has 1 N–H and O–H groups in total. The molecule has 7 heteroatoms. The van der Waals surface area contributed by atoms with E-state index >= 15 is 0 Å². The van der Waals surface area contributed by atoms with Crippen molar-refractivity contribution in [2.75, 3.05) is 0 Å². The van der Waals surface area contributed by atoms with Crippen molar-refractivity contribution in [1.82, 2.24) is 0 Å². The van der Waals surface area contributed by atoms with Crippen LogP contribution in [0.4, 0.5) is 11.4 Å². The van der Waals surface area contributed by atoms with Crippen LogP contribution in [0.1, 0.15) is 44.6 Å². The Morgan fingerprint density at radius 3 is 2.37 bits per heavy atom. The van der Waals surface area contributed by atoms with E-state index in [0.29, 0.717) is 6.42 Å². The number of hydrogen-bond acceptors (Lipinski definition) is 5. The minimum Gasteiger partial charge on any atom is -0.502 e. The van der Waals surface area contributed by atoms with Gasteiger partial charge in [-0.3, -0.25) is 20.2 Å². The predicted molar refractivity (Wildman–Crippen MR) is 69.4 cm³/mol. The van der Waals surface area contributed by atoms with Crippen molar-refractivity contribution in [2.45, 2.75) is 39.0 Å². The molecule has 0 saturated carbocycles. The minimum absolute atomic E-state index is 0.168. The second-order valence-corrected chi connectivity index (χ2v) is 4.46. The molecule has 1 rings (SSSR count). The molecule has 1 atom stereocenters. The molecule has 0 heterocycles. The van der Waals surface area contributed by atoms with E-state index in [4.69, 9.17) is 0 Å². The molecule has 0 amide bonds. The third-order valence-corrected chi connectivity index (χ3v) is 3.03. The van der Waals surface area contributed by atoms with E-state index in [0.717, 1.165) is 18.9 Å². The highest BCUT2D eigenvalue weighted by molar-refractivity contribution is 5.58. The average molecular weight is 268 g/mol. The summed E-state index contributed by atoms with van der Waals surface area (Å²) in [6, 6.07) is 1.99. The second-order valence-electron chi connectivity index (χ2n) is 4.46. The summed E-state index contributed by atoms with van der Waals surface area (Å²) in [5, 5.41) is 31.5. The van der Waals surface area contributed by atoms with Gasteiger partial charge in [-0.2, -0.15) is 0 Å². The lowest BCUT2D eigenvalue weighted by molar-refractivity contribution is -0.394. The van der Waals surface area contributed by atoms with Crippen LogP contribution in [0.5, 0.6) is 5.75 Å². The Morgan fingerprint density at radius 1 is 1.26 bits per heavy atom. The first-order valence-electron chi connectivity index (χ1n) is 6.04. The number of rotatable bonds is 6. The number of benzene rings is 1. The third kappa shape index (κ3) is 3.40. The van der Waals surface area contributed by atoms with Crippen molar-refractivity contribution in [2.24, 2.45) is 0 Å². The van der Waals surface area contributed by atoms with Crippen LogP contribution in [0.15, 0.2) is 12.1 Å². The van der Waals surface area contributed by atoms with E-state index in [2.05, 4.69) is 0 Å². The molecule has 0 fully saturated rings. The number of phenolic OH excluding ortho intramolecular Hbond substituents is 1. The van der Waals surface area contributed by atoms with Crippen LogP contribution >= 0.6 is 0 Å². The Bertz CT molecular complexity index is 501. The van der Waals surface area contributed by atoms with E-state index in [1.165, 1.54) is 6.07 Å². The number of nitrogens with zero attached hydrogens (tertiary/aromatic N) is 2. The summed E-state index contributed by atoms with van der Waals surface area (Å²) in [4.78, 5) is 20.1. The monoisotopic (exact) mass is 268 g/mol. The van der Waals surface area contributed by atoms with Crippen LogP contribution in [0.2, 0.25) is 0 Å². The average Bonchev–Trinajstić information content (AvgIpc) is 2.35. The van der Waals surface area contributed by atoms with Gasteiger partial charge in [0.25, 0.3) is 5.69 Å². The van der Waals surface area contributed by atoms with Crippen LogP contribution in [0, 0.1) is 20.2 Å². The lowest BCUT2D eigenvalue weighted by atomic mass is 9.93. The molecular formula is C12H16N2O5. The van der Waals surface area contributed by atoms with Gasteiger partial charge in [-0.05, 0) is 12.3 Å². The number of nitro benzene ring substituents is 2. The highest BCUT2D eigenvalue weighted by Crippen LogP contribution is 2.39. The van der Waals surface area contributed by atoms with E-state index in [1.54, 1.807) is 6.92 Å². The van der Waals surface area contributed by atoms with Crippen LogP contribution in [-0.2, 0) is 0 Å². The highest BCUT2D eigenvalue weighted by Gasteiger charge is 2.25. The summed E-state index contributed by atoms with van der Waals surface area (Å²) in [6.07, 6.45) is 2.54. The number of aromatic hydroxyl groups is 1. The van der Waals surface area contributed by atoms with Crippen LogP contribution < -0.4 is 0 Å². The molecule has 0 saturated heterocycles. The molecular weight excluding hydrogens is 252 g/mol. The maximum atomic E-state index is 10.8. The largest absolute Gasteiger partial charge is 0.502 e. The zero-order chi connectivity index (χ0) is 14.6. The number of unbranched alkanes of at least 4 members (excludes halogenated alkanes) is 1. The van der Waals surface area contributed by atoms with Gasteiger partial charge in [0.1, 0.15) is 0 Å². The van der Waals surface area contributed by atoms with Crippen molar-refractivity contribution in [3.8, 4) is 5.75 Å². The Hall–Kier alpha value is -2.18. The molecule has 0 aromatic heterocycles. The Balaban J connectivity index is 3.28. The van der Waals surface area contributed by atoms with Crippen molar-refractivity contribution in [1.29, 1.82) is 0 Å². The molecule has 0 aliphatic rings. The predicted octanol–water partition coefficient (Wildman–Crippen LogP) is 3.50. The molecule has 0 radical (unpaired) electrons. The fourth-order valence-corrected chi connectivity index (χ4v) is 1.91. The first kappa shape index (κ1) is 14.9. The summed E-state index contributed by atoms with van der Waals surface area (Å²) in [5.41, 5.74) is -0.732. The molecule has 0 aliphatic heterocycles. The van der Waals surface area contributed by atoms with E-state index < -0.39 is 21.3 Å². The first-order chi connectivity index (χ1) is 8.88. The van der Waals surface area contributed by atoms with Crippen molar-refractivity contribution in [3.63, 3.8) is 0 Å². The van der Waals surface area contributed by atoms with Gasteiger partial charge in [0.05, 0.1) is 15.9 Å². The molecule has 19 heavy (non-hydrogen) atoms. The van der Waals surface area contributed by atoms with Gasteiger partial charge in [-0.25, -0.2) is 0 Å². The Labute approximate surface area is 110 Å². The second kappa shape index (κ2) is 6.12. The van der Waals surface area contributed by atoms with Gasteiger partial charge >= 0.3 is 5.69 Å². The van der Waals surface area contributed by atoms with Crippen LogP contribution in [0.25, 0.3) is 0 Å². The summed E-state index contributed by atoms with van der Waals surface area (Å²) < 4.78 is 0. The number of non-ortho nitro benzene ring substituents is 1. The van der Waals surface area contributed by atoms with Gasteiger partial charge in [0, 0.05) is 11.6 Å². The van der Waals surface area contributed by atoms with Crippen molar-refractivity contribution >= 4 is 11.4 Å². The lowest BCUT2D eigenvalue weighted by Crippen LogP contribution is -2.00. The number of hydrogen-bond donors (Lipinski definition) is 1. The van der Waals surface area contributed by atoms with Gasteiger partial charge in [-0.1, -0.05) is 26.7 Å². The number of nitro groups is 2. The SMILES string of the molecule is CCCCC(C)c1cc([N+](=O)[O-])cc([N+](=O)[O-])c1O. The Kier molecular flexibility index (Phi) is 4.80. The normalized spacial score (nSPS) is 12.1. The lowest BCUT2D eigenvalue weighted by Gasteiger charge is -2.12. The van der Waals surface area contributed by atoms with E-state index in [9.17, 15) is 25.3 Å². The summed E-state index contributed by atoms with van der Waals surface area (Å²) >= 11 is 0. The van der Waals surface area contributed by atoms with Gasteiger partial charge in [0.15, 0.2) is 5.75 Å². The molecule has 104 valence electrons. The van der Waals surface area contributed by atoms with E-state index in [-0.39, 0.29) is 17.2 Å². The fourth-order valence-electron chi connectivity index (χ4n) is 1.91. The summed E-state index contributed by atoms with van der Waals surface area (Å²) in [7, 11) is 0. The third-order valence-electron chi connectivity index (χ3n) is 3.03. The standard InChI is InChI=1S/C12H16N2O5/c1-3-4-5-8(2)10-6-9(13(16)17)7-11(12(10)15)14(18)19/h6-8,15H,3-5H2,1-2H3. The maximum Gasteiger partial charge on any atom is 0.317 e. The van der Waals surface area contributed by atoms with Gasteiger partial charge in [-0.15, -0.1) is 0 Å². The fraction of sp³-hybridized carbons (Fsp3) is 0.500. The van der Waals surface area contributed by atoms with Gasteiger partial charge in [0.2, 0.25) is 0 Å². The van der Waals surface area contributed by atoms with Crippen molar-refractivity contribution < 1.29 is 15.0 Å². The smallest absolute Gasteiger partial charge is 0.317 e. The summed E-state index contributed by atoms with van der Waals surface area (Å²) in [6.45, 7) is 3.79. The molecule has 0 aliphatic carbocycles. The molecule has 0 spiro atoms. The zero-order valence-electron chi connectivity index (χ0n) is 10.8. The van der Waals surface area contributed by atoms with E-state index in [1.807, 2.05) is 6.92 Å². The summed E-state index contributed by atoms with van der Waals surface area (Å²) in [5.74, 6) is -0.641. The molecule has 7 nitrogen and oxygen atoms in total. The molecule has 1 aromatic rings. The highest BCUT2D eigenvalue weighted by atomic mass is 16.6. The maximum absolute atomic E-state index is 10.8. The van der Waals surface area contributed by atoms with Crippen LogP contribution in [-0.4, -0.2) is 15.0 Å². The molecule has 0 bridgehead atoms. The van der Waals surface area contributed by atoms with Crippen LogP contribution in [0.3, 0.4) is 0 Å². The number of phenols is 1. The zero-order valence-corrected chi connectivity index (χ0v) is 10.8. The van der Waals surface area contributed by atoms with Gasteiger partial charge < -0.3 is 5.11 Å². The topological polar surface area (TPSA) is 107 Å². The quantitative estimate of drug-likeness (QED) is 0.627. The van der Waals surface area contributed by atoms with Crippen molar-refractivity contribution in [3.05, 3.63) is 37.9 Å². The minimum atomic E-state index is -0.807. The first-order valence-corrected chi connectivity index (χ1v) is 6.04. The molecule has 1 unspecified atom stereocenters.